The van der Waals surface area contributed by atoms with Gasteiger partial charge in [0, 0.05) is 28.2 Å². The Bertz CT molecular complexity index is 736. The van der Waals surface area contributed by atoms with Crippen LogP contribution in [0.5, 0.6) is 0 Å². The zero-order chi connectivity index (χ0) is 19.8. The van der Waals surface area contributed by atoms with Crippen LogP contribution in [0.1, 0.15) is 28.7 Å². The van der Waals surface area contributed by atoms with Gasteiger partial charge < -0.3 is 9.80 Å². The molecular weight excluding hydrogens is 332 g/mol. The van der Waals surface area contributed by atoms with Gasteiger partial charge in [0.05, 0.1) is 19.5 Å². The first-order valence-electron chi connectivity index (χ1n) is 9.38. The van der Waals surface area contributed by atoms with Crippen LogP contribution in [0.15, 0.2) is 58.5 Å². The molecule has 0 atom stereocenters. The summed E-state index contributed by atoms with van der Waals surface area (Å²) in [6.07, 6.45) is 0.720. The molecule has 144 valence electrons. The summed E-state index contributed by atoms with van der Waals surface area (Å²) in [6.45, 7) is 5.65. The van der Waals surface area contributed by atoms with Gasteiger partial charge in [-0.15, -0.1) is 0 Å². The van der Waals surface area contributed by atoms with Gasteiger partial charge in [-0.3, -0.25) is 9.98 Å². The Balaban J connectivity index is 2.17. The highest BCUT2D eigenvalue weighted by Crippen LogP contribution is 2.11. The van der Waals surface area contributed by atoms with E-state index in [2.05, 4.69) is 72.2 Å². The summed E-state index contributed by atoms with van der Waals surface area (Å²) >= 11 is 0. The predicted molar refractivity (Wildman–Crippen MR) is 117 cm³/mol. The Hall–Kier alpha value is -2.62. The number of benzene rings is 2. The smallest absolute Gasteiger partial charge is 0.106 e. The molecule has 4 heteroatoms. The molecule has 4 nitrogen and oxygen atoms in total. The standard InChI is InChI=1S/C23H32N4/c1-18-11-7-9-13-20(18)16-24-22(26(3)4)15-23(27(5)6)25-17-21-14-10-8-12-19(21)2/h7-14H,15-17H2,1-6H3. The fourth-order valence-corrected chi connectivity index (χ4v) is 2.78. The molecule has 0 aromatic heterocycles. The molecule has 0 aliphatic heterocycles. The summed E-state index contributed by atoms with van der Waals surface area (Å²) in [5, 5.41) is 0. The molecule has 2 aromatic carbocycles. The van der Waals surface area contributed by atoms with Crippen molar-refractivity contribution in [1.82, 2.24) is 9.80 Å². The van der Waals surface area contributed by atoms with Crippen LogP contribution in [0.3, 0.4) is 0 Å². The molecule has 0 heterocycles. The first-order chi connectivity index (χ1) is 12.9. The van der Waals surface area contributed by atoms with Crippen LogP contribution in [0, 0.1) is 13.8 Å². The van der Waals surface area contributed by atoms with Gasteiger partial charge in [0.15, 0.2) is 0 Å². The summed E-state index contributed by atoms with van der Waals surface area (Å²) in [4.78, 5) is 13.9. The maximum Gasteiger partial charge on any atom is 0.106 e. The van der Waals surface area contributed by atoms with E-state index in [1.54, 1.807) is 0 Å². The molecule has 27 heavy (non-hydrogen) atoms. The average molecular weight is 365 g/mol. The van der Waals surface area contributed by atoms with Gasteiger partial charge in [0.2, 0.25) is 0 Å². The highest BCUT2D eigenvalue weighted by molar-refractivity contribution is 6.02. The van der Waals surface area contributed by atoms with E-state index in [4.69, 9.17) is 9.98 Å². The summed E-state index contributed by atoms with van der Waals surface area (Å²) in [5.41, 5.74) is 5.08. The normalized spacial score (nSPS) is 12.2. The number of hydrogen-bond donors (Lipinski definition) is 0. The second-order valence-corrected chi connectivity index (χ2v) is 7.28. The third kappa shape index (κ3) is 6.24. The van der Waals surface area contributed by atoms with Crippen molar-refractivity contribution in [2.75, 3.05) is 28.2 Å². The summed E-state index contributed by atoms with van der Waals surface area (Å²) in [6, 6.07) is 16.8. The maximum atomic E-state index is 4.88. The van der Waals surface area contributed by atoms with Crippen molar-refractivity contribution in [3.8, 4) is 0 Å². The van der Waals surface area contributed by atoms with Gasteiger partial charge in [-0.1, -0.05) is 48.5 Å². The third-order valence-electron chi connectivity index (χ3n) is 4.74. The van der Waals surface area contributed by atoms with Crippen molar-refractivity contribution >= 4 is 11.7 Å². The lowest BCUT2D eigenvalue weighted by atomic mass is 10.1. The first-order valence-corrected chi connectivity index (χ1v) is 9.38. The number of hydrogen-bond acceptors (Lipinski definition) is 2. The van der Waals surface area contributed by atoms with Crippen LogP contribution in [-0.4, -0.2) is 49.7 Å². The van der Waals surface area contributed by atoms with Crippen molar-refractivity contribution in [1.29, 1.82) is 0 Å². The van der Waals surface area contributed by atoms with E-state index in [1.165, 1.54) is 22.3 Å². The summed E-state index contributed by atoms with van der Waals surface area (Å²) < 4.78 is 0. The average Bonchev–Trinajstić information content (AvgIpc) is 2.63. The third-order valence-corrected chi connectivity index (χ3v) is 4.74. The van der Waals surface area contributed by atoms with Crippen LogP contribution < -0.4 is 0 Å². The SMILES string of the molecule is Cc1ccccc1CN=C(CC(=NCc1ccccc1C)N(C)C)N(C)C. The van der Waals surface area contributed by atoms with Gasteiger partial charge in [-0.05, 0) is 36.1 Å². The lowest BCUT2D eigenvalue weighted by molar-refractivity contribution is 0.581. The second-order valence-electron chi connectivity index (χ2n) is 7.28. The van der Waals surface area contributed by atoms with Crippen LogP contribution in [0.4, 0.5) is 0 Å². The van der Waals surface area contributed by atoms with E-state index >= 15 is 0 Å². The van der Waals surface area contributed by atoms with Crippen LogP contribution in [-0.2, 0) is 13.1 Å². The minimum absolute atomic E-state index is 0.693. The minimum atomic E-state index is 0.693. The van der Waals surface area contributed by atoms with Crippen LogP contribution in [0.2, 0.25) is 0 Å². The fraction of sp³-hybridized carbons (Fsp3) is 0.391. The molecule has 0 saturated heterocycles. The zero-order valence-corrected chi connectivity index (χ0v) is 17.5. The number of rotatable bonds is 6. The van der Waals surface area contributed by atoms with Crippen molar-refractivity contribution < 1.29 is 0 Å². The monoisotopic (exact) mass is 364 g/mol. The fourth-order valence-electron chi connectivity index (χ4n) is 2.78. The van der Waals surface area contributed by atoms with Crippen molar-refractivity contribution in [2.45, 2.75) is 33.4 Å². The summed E-state index contributed by atoms with van der Waals surface area (Å²) in [7, 11) is 8.19. The molecule has 0 fully saturated rings. The molecular formula is C23H32N4. The number of aliphatic imine (C=N–C) groups is 2. The highest BCUT2D eigenvalue weighted by atomic mass is 15.2. The van der Waals surface area contributed by atoms with E-state index in [-0.39, 0.29) is 0 Å². The Labute approximate surface area is 164 Å². The largest absolute Gasteiger partial charge is 0.366 e. The van der Waals surface area contributed by atoms with E-state index in [0.29, 0.717) is 13.1 Å². The molecule has 2 aromatic rings. The maximum absolute atomic E-state index is 4.88. The van der Waals surface area contributed by atoms with E-state index in [1.807, 2.05) is 28.2 Å². The highest BCUT2D eigenvalue weighted by Gasteiger charge is 2.10. The number of amidine groups is 2. The van der Waals surface area contributed by atoms with E-state index in [9.17, 15) is 0 Å². The topological polar surface area (TPSA) is 31.2 Å². The molecule has 0 N–H and O–H groups in total. The van der Waals surface area contributed by atoms with Crippen molar-refractivity contribution in [2.24, 2.45) is 9.98 Å². The lowest BCUT2D eigenvalue weighted by Gasteiger charge is -2.21. The minimum Gasteiger partial charge on any atom is -0.366 e. The molecule has 0 aliphatic carbocycles. The van der Waals surface area contributed by atoms with Gasteiger partial charge in [-0.2, -0.15) is 0 Å². The van der Waals surface area contributed by atoms with Crippen LogP contribution in [0.25, 0.3) is 0 Å². The van der Waals surface area contributed by atoms with Gasteiger partial charge in [-0.25, -0.2) is 0 Å². The van der Waals surface area contributed by atoms with Gasteiger partial charge in [0.1, 0.15) is 11.7 Å². The number of nitrogens with zero attached hydrogens (tertiary/aromatic N) is 4. The lowest BCUT2D eigenvalue weighted by Crippen LogP contribution is -2.31. The zero-order valence-electron chi connectivity index (χ0n) is 17.5. The van der Waals surface area contributed by atoms with Crippen molar-refractivity contribution in [3.05, 3.63) is 70.8 Å². The molecule has 0 radical (unpaired) electrons. The Morgan fingerprint density at radius 3 is 1.37 bits per heavy atom. The number of aryl methyl sites for hydroxylation is 2. The quantitative estimate of drug-likeness (QED) is 0.565. The molecule has 0 aliphatic rings. The van der Waals surface area contributed by atoms with Gasteiger partial charge >= 0.3 is 0 Å². The van der Waals surface area contributed by atoms with E-state index < -0.39 is 0 Å². The van der Waals surface area contributed by atoms with Crippen molar-refractivity contribution in [3.63, 3.8) is 0 Å². The molecule has 0 spiro atoms. The molecule has 0 saturated carbocycles. The van der Waals surface area contributed by atoms with Crippen LogP contribution >= 0.6 is 0 Å². The van der Waals surface area contributed by atoms with Gasteiger partial charge in [0.25, 0.3) is 0 Å². The molecule has 2 rings (SSSR count). The molecule has 0 bridgehead atoms. The Morgan fingerprint density at radius 1 is 0.667 bits per heavy atom. The Morgan fingerprint density at radius 2 is 1.04 bits per heavy atom. The molecule has 0 unspecified atom stereocenters. The summed E-state index contributed by atoms with van der Waals surface area (Å²) in [5.74, 6) is 2.07. The second kappa shape index (κ2) is 9.91. The first kappa shape index (κ1) is 20.7. The molecule has 0 amide bonds. The Kier molecular flexibility index (Phi) is 7.59. The van der Waals surface area contributed by atoms with E-state index in [0.717, 1.165) is 18.1 Å². The predicted octanol–water partition coefficient (Wildman–Crippen LogP) is 4.31.